The van der Waals surface area contributed by atoms with Crippen LogP contribution in [0.2, 0.25) is 0 Å². The second kappa shape index (κ2) is 6.38. The molecule has 28 heavy (non-hydrogen) atoms. The maximum Gasteiger partial charge on any atom is 0.0705 e. The van der Waals surface area contributed by atoms with E-state index in [2.05, 4.69) is 55.1 Å². The number of hydrogen-bond donors (Lipinski definition) is 1. The SMILES string of the molecule is C=C1/C(=C(N)\C=C/C)C2(C3=C(CCC=C3)C3=C2CCCC=C3)c2ccccc21. The van der Waals surface area contributed by atoms with Crippen molar-refractivity contribution in [3.8, 4) is 0 Å². The van der Waals surface area contributed by atoms with Crippen LogP contribution in [0.25, 0.3) is 5.57 Å². The Morgan fingerprint density at radius 2 is 1.93 bits per heavy atom. The third-order valence-corrected chi connectivity index (χ3v) is 6.73. The predicted octanol–water partition coefficient (Wildman–Crippen LogP) is 6.44. The summed E-state index contributed by atoms with van der Waals surface area (Å²) >= 11 is 0. The maximum absolute atomic E-state index is 6.74. The molecule has 0 fully saturated rings. The van der Waals surface area contributed by atoms with E-state index >= 15 is 0 Å². The molecule has 0 saturated heterocycles. The zero-order valence-corrected chi connectivity index (χ0v) is 16.6. The molecule has 1 aromatic carbocycles. The van der Waals surface area contributed by atoms with Gasteiger partial charge in [-0.1, -0.05) is 61.2 Å². The minimum absolute atomic E-state index is 0.270. The summed E-state index contributed by atoms with van der Waals surface area (Å²) in [7, 11) is 0. The van der Waals surface area contributed by atoms with Crippen molar-refractivity contribution in [3.63, 3.8) is 0 Å². The summed E-state index contributed by atoms with van der Waals surface area (Å²) in [6.45, 7) is 6.57. The molecule has 1 atom stereocenters. The van der Waals surface area contributed by atoms with E-state index in [-0.39, 0.29) is 5.41 Å². The van der Waals surface area contributed by atoms with Crippen molar-refractivity contribution in [2.45, 2.75) is 44.4 Å². The van der Waals surface area contributed by atoms with Gasteiger partial charge in [-0.25, -0.2) is 0 Å². The van der Waals surface area contributed by atoms with Crippen LogP contribution in [0.4, 0.5) is 0 Å². The molecule has 1 nitrogen and oxygen atoms in total. The monoisotopic (exact) mass is 365 g/mol. The third-order valence-electron chi connectivity index (χ3n) is 6.73. The highest BCUT2D eigenvalue weighted by Gasteiger charge is 2.55. The number of allylic oxidation sites excluding steroid dienone is 12. The lowest BCUT2D eigenvalue weighted by Gasteiger charge is -2.35. The molecular weight excluding hydrogens is 338 g/mol. The number of fused-ring (bicyclic) bond motifs is 5. The van der Waals surface area contributed by atoms with Crippen LogP contribution in [0.3, 0.4) is 0 Å². The molecule has 0 aromatic heterocycles. The fourth-order valence-electron chi connectivity index (χ4n) is 5.78. The lowest BCUT2D eigenvalue weighted by atomic mass is 9.66. The summed E-state index contributed by atoms with van der Waals surface area (Å²) in [6, 6.07) is 8.80. The lowest BCUT2D eigenvalue weighted by molar-refractivity contribution is 0.678. The first-order valence-electron chi connectivity index (χ1n) is 10.4. The Kier molecular flexibility index (Phi) is 3.94. The molecule has 0 heterocycles. The van der Waals surface area contributed by atoms with E-state index in [4.69, 9.17) is 5.73 Å². The summed E-state index contributed by atoms with van der Waals surface area (Å²) in [5, 5.41) is 0. The van der Waals surface area contributed by atoms with E-state index in [1.54, 1.807) is 0 Å². The van der Waals surface area contributed by atoms with Gasteiger partial charge in [-0.2, -0.15) is 0 Å². The quantitative estimate of drug-likeness (QED) is 0.609. The van der Waals surface area contributed by atoms with Crippen LogP contribution in [0, 0.1) is 0 Å². The van der Waals surface area contributed by atoms with E-state index in [0.29, 0.717) is 0 Å². The van der Waals surface area contributed by atoms with Crippen molar-refractivity contribution in [1.29, 1.82) is 0 Å². The van der Waals surface area contributed by atoms with Crippen molar-refractivity contribution >= 4 is 5.57 Å². The van der Waals surface area contributed by atoms with Crippen molar-refractivity contribution in [1.82, 2.24) is 0 Å². The number of rotatable bonds is 1. The smallest absolute Gasteiger partial charge is 0.0705 e. The van der Waals surface area contributed by atoms with E-state index in [9.17, 15) is 0 Å². The Hall–Kier alpha value is -2.80. The molecule has 4 aliphatic carbocycles. The molecule has 0 saturated carbocycles. The van der Waals surface area contributed by atoms with Crippen LogP contribution in [-0.2, 0) is 5.41 Å². The number of hydrogen-bond acceptors (Lipinski definition) is 1. The molecule has 140 valence electrons. The third kappa shape index (κ3) is 2.08. The van der Waals surface area contributed by atoms with Crippen molar-refractivity contribution in [2.24, 2.45) is 5.73 Å². The first kappa shape index (κ1) is 17.3. The fraction of sp³-hybridized carbons (Fsp3) is 0.259. The van der Waals surface area contributed by atoms with Gasteiger partial charge in [0, 0.05) is 11.3 Å². The predicted molar refractivity (Wildman–Crippen MR) is 119 cm³/mol. The average molecular weight is 366 g/mol. The summed E-state index contributed by atoms with van der Waals surface area (Å²) < 4.78 is 0. The topological polar surface area (TPSA) is 26.0 Å². The fourth-order valence-corrected chi connectivity index (χ4v) is 5.78. The number of benzene rings is 1. The van der Waals surface area contributed by atoms with E-state index in [0.717, 1.165) is 37.0 Å². The number of nitrogens with two attached hydrogens (primary N) is 1. The van der Waals surface area contributed by atoms with Gasteiger partial charge in [-0.3, -0.25) is 0 Å². The van der Waals surface area contributed by atoms with Gasteiger partial charge in [-0.05, 0) is 84.1 Å². The van der Waals surface area contributed by atoms with Crippen LogP contribution in [-0.4, -0.2) is 0 Å². The van der Waals surface area contributed by atoms with Crippen LogP contribution in [0.5, 0.6) is 0 Å². The second-order valence-electron chi connectivity index (χ2n) is 8.12. The lowest BCUT2D eigenvalue weighted by Crippen LogP contribution is -2.30. The highest BCUT2D eigenvalue weighted by Crippen LogP contribution is 2.64. The van der Waals surface area contributed by atoms with E-state index in [1.165, 1.54) is 45.4 Å². The van der Waals surface area contributed by atoms with Gasteiger partial charge in [0.1, 0.15) is 0 Å². The van der Waals surface area contributed by atoms with Crippen molar-refractivity contribution in [3.05, 3.63) is 112 Å². The van der Waals surface area contributed by atoms with Gasteiger partial charge >= 0.3 is 0 Å². The van der Waals surface area contributed by atoms with Gasteiger partial charge in [0.25, 0.3) is 0 Å². The molecule has 4 aliphatic rings. The molecule has 1 spiro atoms. The summed E-state index contributed by atoms with van der Waals surface area (Å²) in [5.41, 5.74) is 18.2. The van der Waals surface area contributed by atoms with Crippen LogP contribution in [0.1, 0.15) is 50.2 Å². The Labute approximate surface area is 168 Å². The van der Waals surface area contributed by atoms with Gasteiger partial charge in [-0.15, -0.1) is 0 Å². The Morgan fingerprint density at radius 3 is 2.79 bits per heavy atom. The first-order valence-corrected chi connectivity index (χ1v) is 10.4. The minimum atomic E-state index is -0.270. The molecule has 5 rings (SSSR count). The first-order chi connectivity index (χ1) is 13.7. The largest absolute Gasteiger partial charge is 0.398 e. The highest BCUT2D eigenvalue weighted by atomic mass is 14.6. The summed E-state index contributed by atoms with van der Waals surface area (Å²) in [6.07, 6.45) is 19.2. The van der Waals surface area contributed by atoms with Gasteiger partial charge in [0.15, 0.2) is 0 Å². The maximum atomic E-state index is 6.74. The van der Waals surface area contributed by atoms with E-state index in [1.807, 2.05) is 19.1 Å². The standard InChI is InChI=1S/C27H27N/c1-3-11-25(28)26-18(2)19-12-7-9-16-22(19)27(26)23-15-6-4-5-13-20(23)21-14-8-10-17-24(21)27/h3,5,7,9-13,16-17H,2,4,6,8,14-15,28H2,1H3/b11-3-,26-25-. The molecule has 1 unspecified atom stereocenters. The molecule has 2 N–H and O–H groups in total. The second-order valence-corrected chi connectivity index (χ2v) is 8.12. The molecule has 0 amide bonds. The van der Waals surface area contributed by atoms with Crippen molar-refractivity contribution in [2.75, 3.05) is 0 Å². The molecule has 1 aromatic rings. The van der Waals surface area contributed by atoms with Crippen LogP contribution >= 0.6 is 0 Å². The summed E-state index contributed by atoms with van der Waals surface area (Å²) in [4.78, 5) is 0. The highest BCUT2D eigenvalue weighted by molar-refractivity contribution is 5.96. The normalized spacial score (nSPS) is 27.5. The zero-order chi connectivity index (χ0) is 19.3. The van der Waals surface area contributed by atoms with E-state index < -0.39 is 0 Å². The summed E-state index contributed by atoms with van der Waals surface area (Å²) in [5.74, 6) is 0. The Balaban J connectivity index is 1.95. The molecule has 0 radical (unpaired) electrons. The zero-order valence-electron chi connectivity index (χ0n) is 16.6. The van der Waals surface area contributed by atoms with Crippen molar-refractivity contribution < 1.29 is 0 Å². The van der Waals surface area contributed by atoms with Gasteiger partial charge < -0.3 is 5.73 Å². The minimum Gasteiger partial charge on any atom is -0.398 e. The molecule has 1 heteroatoms. The Bertz CT molecular complexity index is 1070. The molecule has 0 aliphatic heterocycles. The van der Waals surface area contributed by atoms with Crippen LogP contribution in [0.15, 0.2) is 101 Å². The van der Waals surface area contributed by atoms with Crippen LogP contribution < -0.4 is 5.73 Å². The van der Waals surface area contributed by atoms with Gasteiger partial charge in [0.2, 0.25) is 0 Å². The molecule has 0 bridgehead atoms. The average Bonchev–Trinajstić information content (AvgIpc) is 2.98. The molecular formula is C27H27N. The van der Waals surface area contributed by atoms with Gasteiger partial charge in [0.05, 0.1) is 5.41 Å². The Morgan fingerprint density at radius 1 is 1.11 bits per heavy atom.